The summed E-state index contributed by atoms with van der Waals surface area (Å²) >= 11 is 0. The Labute approximate surface area is 106 Å². The van der Waals surface area contributed by atoms with Gasteiger partial charge in [0.25, 0.3) is 0 Å². The SMILES string of the molecule is CC(C)N(CCO)S(=O)(=O)c1ccc(N)c(F)c1. The zero-order chi connectivity index (χ0) is 13.9. The van der Waals surface area contributed by atoms with Crippen LogP contribution in [0, 0.1) is 5.82 Å². The summed E-state index contributed by atoms with van der Waals surface area (Å²) in [5.74, 6) is -0.774. The van der Waals surface area contributed by atoms with Gasteiger partial charge in [-0.2, -0.15) is 4.31 Å². The molecule has 0 heterocycles. The number of aliphatic hydroxyl groups is 1. The highest BCUT2D eigenvalue weighted by atomic mass is 32.2. The van der Waals surface area contributed by atoms with Gasteiger partial charge < -0.3 is 10.8 Å². The lowest BCUT2D eigenvalue weighted by Crippen LogP contribution is -2.39. The van der Waals surface area contributed by atoms with Gasteiger partial charge in [-0.05, 0) is 32.0 Å². The highest BCUT2D eigenvalue weighted by Gasteiger charge is 2.27. The quantitative estimate of drug-likeness (QED) is 0.779. The third-order valence-corrected chi connectivity index (χ3v) is 4.55. The van der Waals surface area contributed by atoms with Gasteiger partial charge in [0, 0.05) is 12.6 Å². The maximum absolute atomic E-state index is 13.3. The average molecular weight is 276 g/mol. The van der Waals surface area contributed by atoms with Crippen LogP contribution in [0.25, 0.3) is 0 Å². The Balaban J connectivity index is 3.22. The summed E-state index contributed by atoms with van der Waals surface area (Å²) in [4.78, 5) is -0.170. The van der Waals surface area contributed by atoms with Crippen LogP contribution < -0.4 is 5.73 Å². The standard InChI is InChI=1S/C11H17FN2O3S/c1-8(2)14(5-6-15)18(16,17)9-3-4-11(13)10(12)7-9/h3-4,7-8,15H,5-6,13H2,1-2H3. The van der Waals surface area contributed by atoms with Crippen molar-refractivity contribution in [1.82, 2.24) is 4.31 Å². The lowest BCUT2D eigenvalue weighted by molar-refractivity contribution is 0.236. The van der Waals surface area contributed by atoms with E-state index in [0.29, 0.717) is 0 Å². The number of nitrogens with zero attached hydrogens (tertiary/aromatic N) is 1. The van der Waals surface area contributed by atoms with Crippen LogP contribution >= 0.6 is 0 Å². The Morgan fingerprint density at radius 1 is 1.44 bits per heavy atom. The minimum Gasteiger partial charge on any atom is -0.396 e. The molecule has 0 unspecified atom stereocenters. The Morgan fingerprint density at radius 3 is 2.50 bits per heavy atom. The Hall–Kier alpha value is -1.18. The van der Waals surface area contributed by atoms with E-state index in [-0.39, 0.29) is 29.8 Å². The zero-order valence-electron chi connectivity index (χ0n) is 10.3. The minimum atomic E-state index is -3.82. The van der Waals surface area contributed by atoms with Crippen molar-refractivity contribution in [1.29, 1.82) is 0 Å². The van der Waals surface area contributed by atoms with Crippen molar-refractivity contribution in [3.05, 3.63) is 24.0 Å². The van der Waals surface area contributed by atoms with Crippen molar-refractivity contribution >= 4 is 15.7 Å². The molecule has 0 aliphatic carbocycles. The van der Waals surface area contributed by atoms with Crippen LogP contribution in [-0.4, -0.2) is 37.0 Å². The molecule has 0 saturated carbocycles. The summed E-state index contributed by atoms with van der Waals surface area (Å²) in [5, 5.41) is 8.89. The molecule has 0 spiro atoms. The molecule has 1 rings (SSSR count). The second-order valence-corrected chi connectivity index (χ2v) is 6.01. The van der Waals surface area contributed by atoms with Crippen molar-refractivity contribution in [3.8, 4) is 0 Å². The topological polar surface area (TPSA) is 83.6 Å². The molecule has 0 fully saturated rings. The van der Waals surface area contributed by atoms with Crippen LogP contribution in [0.1, 0.15) is 13.8 Å². The Bertz CT molecular complexity index is 517. The highest BCUT2D eigenvalue weighted by molar-refractivity contribution is 7.89. The normalized spacial score (nSPS) is 12.3. The lowest BCUT2D eigenvalue weighted by atomic mass is 10.3. The summed E-state index contributed by atoms with van der Waals surface area (Å²) in [6.07, 6.45) is 0. The van der Waals surface area contributed by atoms with Crippen molar-refractivity contribution < 1.29 is 17.9 Å². The first-order valence-electron chi connectivity index (χ1n) is 5.48. The van der Waals surface area contributed by atoms with Crippen LogP contribution in [-0.2, 0) is 10.0 Å². The molecule has 102 valence electrons. The summed E-state index contributed by atoms with van der Waals surface area (Å²) in [6.45, 7) is 3.03. The van der Waals surface area contributed by atoms with E-state index < -0.39 is 15.8 Å². The number of benzene rings is 1. The molecule has 1 aromatic rings. The second-order valence-electron chi connectivity index (χ2n) is 4.12. The van der Waals surface area contributed by atoms with Gasteiger partial charge in [-0.1, -0.05) is 0 Å². The lowest BCUT2D eigenvalue weighted by Gasteiger charge is -2.25. The van der Waals surface area contributed by atoms with E-state index in [0.717, 1.165) is 10.4 Å². The van der Waals surface area contributed by atoms with Gasteiger partial charge in [-0.25, -0.2) is 12.8 Å². The molecule has 5 nitrogen and oxygen atoms in total. The monoisotopic (exact) mass is 276 g/mol. The highest BCUT2D eigenvalue weighted by Crippen LogP contribution is 2.21. The van der Waals surface area contributed by atoms with Crippen molar-refractivity contribution in [2.24, 2.45) is 0 Å². The van der Waals surface area contributed by atoms with E-state index in [1.165, 1.54) is 12.1 Å². The smallest absolute Gasteiger partial charge is 0.243 e. The van der Waals surface area contributed by atoms with Gasteiger partial charge in [0.1, 0.15) is 5.82 Å². The second kappa shape index (κ2) is 5.64. The summed E-state index contributed by atoms with van der Waals surface area (Å²) < 4.78 is 38.9. The van der Waals surface area contributed by atoms with E-state index in [9.17, 15) is 12.8 Å². The first-order valence-corrected chi connectivity index (χ1v) is 6.92. The number of aliphatic hydroxyl groups excluding tert-OH is 1. The largest absolute Gasteiger partial charge is 0.396 e. The number of nitrogen functional groups attached to an aromatic ring is 1. The number of nitrogens with two attached hydrogens (primary N) is 1. The van der Waals surface area contributed by atoms with Crippen LogP contribution in [0.15, 0.2) is 23.1 Å². The van der Waals surface area contributed by atoms with Crippen molar-refractivity contribution in [3.63, 3.8) is 0 Å². The van der Waals surface area contributed by atoms with Crippen LogP contribution in [0.3, 0.4) is 0 Å². The number of hydrogen-bond donors (Lipinski definition) is 2. The molecular formula is C11H17FN2O3S. The number of anilines is 1. The first kappa shape index (κ1) is 14.9. The van der Waals surface area contributed by atoms with Crippen molar-refractivity contribution in [2.75, 3.05) is 18.9 Å². The number of hydrogen-bond acceptors (Lipinski definition) is 4. The molecular weight excluding hydrogens is 259 g/mol. The molecule has 0 saturated heterocycles. The van der Waals surface area contributed by atoms with Gasteiger partial charge >= 0.3 is 0 Å². The third-order valence-electron chi connectivity index (χ3n) is 2.47. The zero-order valence-corrected chi connectivity index (χ0v) is 11.1. The molecule has 0 amide bonds. The third kappa shape index (κ3) is 2.98. The Morgan fingerprint density at radius 2 is 2.06 bits per heavy atom. The minimum absolute atomic E-state index is 0.0357. The fraction of sp³-hybridized carbons (Fsp3) is 0.455. The van der Waals surface area contributed by atoms with Gasteiger partial charge in [0.15, 0.2) is 0 Å². The van der Waals surface area contributed by atoms with Gasteiger partial charge in [0.05, 0.1) is 17.2 Å². The maximum atomic E-state index is 13.3. The van der Waals surface area contributed by atoms with Gasteiger partial charge in [0.2, 0.25) is 10.0 Å². The number of rotatable bonds is 5. The van der Waals surface area contributed by atoms with E-state index in [1.807, 2.05) is 0 Å². The molecule has 0 radical (unpaired) electrons. The molecule has 18 heavy (non-hydrogen) atoms. The summed E-state index contributed by atoms with van der Waals surface area (Å²) in [7, 11) is -3.82. The maximum Gasteiger partial charge on any atom is 0.243 e. The van der Waals surface area contributed by atoms with E-state index >= 15 is 0 Å². The molecule has 0 atom stereocenters. The fourth-order valence-electron chi connectivity index (χ4n) is 1.56. The molecule has 3 N–H and O–H groups in total. The van der Waals surface area contributed by atoms with Crippen LogP contribution in [0.4, 0.5) is 10.1 Å². The van der Waals surface area contributed by atoms with Crippen LogP contribution in [0.5, 0.6) is 0 Å². The number of halogens is 1. The molecule has 0 bridgehead atoms. The fourth-order valence-corrected chi connectivity index (χ4v) is 3.20. The molecule has 7 heteroatoms. The molecule has 0 aliphatic rings. The van der Waals surface area contributed by atoms with Crippen molar-refractivity contribution in [2.45, 2.75) is 24.8 Å². The predicted octanol–water partition coefficient (Wildman–Crippen LogP) is 0.799. The van der Waals surface area contributed by atoms with E-state index in [1.54, 1.807) is 13.8 Å². The predicted molar refractivity (Wildman–Crippen MR) is 66.9 cm³/mol. The van der Waals surface area contributed by atoms with Gasteiger partial charge in [-0.15, -0.1) is 0 Å². The first-order chi connectivity index (χ1) is 8.30. The molecule has 0 aromatic heterocycles. The summed E-state index contributed by atoms with van der Waals surface area (Å²) in [6, 6.07) is 3.01. The number of sulfonamides is 1. The average Bonchev–Trinajstić information content (AvgIpc) is 2.28. The van der Waals surface area contributed by atoms with E-state index in [4.69, 9.17) is 10.8 Å². The van der Waals surface area contributed by atoms with Gasteiger partial charge in [-0.3, -0.25) is 0 Å². The van der Waals surface area contributed by atoms with E-state index in [2.05, 4.69) is 0 Å². The van der Waals surface area contributed by atoms with Crippen LogP contribution in [0.2, 0.25) is 0 Å². The molecule has 1 aromatic carbocycles. The molecule has 0 aliphatic heterocycles. The summed E-state index contributed by atoms with van der Waals surface area (Å²) in [5.41, 5.74) is 5.20. The Kier molecular flexibility index (Phi) is 4.66.